The van der Waals surface area contributed by atoms with Crippen molar-refractivity contribution in [3.63, 3.8) is 0 Å². The van der Waals surface area contributed by atoms with E-state index in [2.05, 4.69) is 21.2 Å². The molecule has 0 amide bonds. The minimum atomic E-state index is 0.160. The van der Waals surface area contributed by atoms with E-state index in [-0.39, 0.29) is 5.75 Å². The number of benzene rings is 1. The second-order valence-electron chi connectivity index (χ2n) is 3.78. The fraction of sp³-hybridized carbons (Fsp3) is 0.455. The van der Waals surface area contributed by atoms with Gasteiger partial charge in [0, 0.05) is 12.6 Å². The van der Waals surface area contributed by atoms with Crippen molar-refractivity contribution in [2.75, 3.05) is 7.11 Å². The lowest BCUT2D eigenvalue weighted by Gasteiger charge is -2.09. The molecule has 0 radical (unpaired) electrons. The summed E-state index contributed by atoms with van der Waals surface area (Å²) < 4.78 is 5.76. The highest BCUT2D eigenvalue weighted by molar-refractivity contribution is 9.10. The van der Waals surface area contributed by atoms with E-state index in [0.717, 1.165) is 12.1 Å². The zero-order chi connectivity index (χ0) is 10.8. The first kappa shape index (κ1) is 10.8. The highest BCUT2D eigenvalue weighted by atomic mass is 79.9. The molecule has 0 unspecified atom stereocenters. The van der Waals surface area contributed by atoms with Crippen LogP contribution in [0.5, 0.6) is 11.5 Å². The lowest BCUT2D eigenvalue weighted by atomic mass is 10.2. The van der Waals surface area contributed by atoms with Crippen LogP contribution in [-0.4, -0.2) is 18.3 Å². The molecule has 0 atom stereocenters. The Bertz CT molecular complexity index is 364. The van der Waals surface area contributed by atoms with Crippen molar-refractivity contribution in [3.8, 4) is 11.5 Å². The third kappa shape index (κ3) is 2.63. The van der Waals surface area contributed by atoms with Crippen LogP contribution in [0.1, 0.15) is 18.4 Å². The molecular weight excluding hydrogens is 258 g/mol. The summed E-state index contributed by atoms with van der Waals surface area (Å²) >= 11 is 3.30. The zero-order valence-corrected chi connectivity index (χ0v) is 10.2. The van der Waals surface area contributed by atoms with E-state index in [1.54, 1.807) is 7.11 Å². The van der Waals surface area contributed by atoms with E-state index in [9.17, 15) is 5.11 Å². The van der Waals surface area contributed by atoms with Crippen molar-refractivity contribution in [3.05, 3.63) is 22.2 Å². The summed E-state index contributed by atoms with van der Waals surface area (Å²) in [5.74, 6) is 0.671. The molecule has 0 saturated heterocycles. The Balaban J connectivity index is 2.12. The molecule has 2 rings (SSSR count). The number of halogens is 1. The number of hydrogen-bond donors (Lipinski definition) is 2. The summed E-state index contributed by atoms with van der Waals surface area (Å²) in [4.78, 5) is 0. The molecule has 15 heavy (non-hydrogen) atoms. The quantitative estimate of drug-likeness (QED) is 0.884. The molecule has 1 aromatic carbocycles. The second kappa shape index (κ2) is 4.41. The van der Waals surface area contributed by atoms with Gasteiger partial charge in [-0.1, -0.05) is 0 Å². The van der Waals surface area contributed by atoms with Gasteiger partial charge in [-0.2, -0.15) is 0 Å². The van der Waals surface area contributed by atoms with E-state index in [4.69, 9.17) is 4.74 Å². The molecule has 0 spiro atoms. The van der Waals surface area contributed by atoms with Crippen molar-refractivity contribution < 1.29 is 9.84 Å². The van der Waals surface area contributed by atoms with Gasteiger partial charge in [-0.25, -0.2) is 0 Å². The molecular formula is C11H14BrNO2. The van der Waals surface area contributed by atoms with E-state index in [1.807, 2.05) is 12.1 Å². The van der Waals surface area contributed by atoms with Crippen LogP contribution in [0, 0.1) is 0 Å². The molecule has 1 saturated carbocycles. The summed E-state index contributed by atoms with van der Waals surface area (Å²) in [6.45, 7) is 0.819. The Kier molecular flexibility index (Phi) is 3.17. The van der Waals surface area contributed by atoms with E-state index in [0.29, 0.717) is 16.3 Å². The number of rotatable bonds is 4. The molecule has 82 valence electrons. The first-order valence-electron chi connectivity index (χ1n) is 4.99. The number of hydrogen-bond acceptors (Lipinski definition) is 3. The summed E-state index contributed by atoms with van der Waals surface area (Å²) in [5.41, 5.74) is 1.11. The molecule has 1 aliphatic carbocycles. The van der Waals surface area contributed by atoms with Gasteiger partial charge in [0.2, 0.25) is 0 Å². The van der Waals surface area contributed by atoms with Crippen LogP contribution in [0.2, 0.25) is 0 Å². The maximum absolute atomic E-state index is 9.62. The number of phenolic OH excluding ortho intramolecular Hbond substituents is 1. The number of phenols is 1. The van der Waals surface area contributed by atoms with Crippen molar-refractivity contribution in [1.82, 2.24) is 5.32 Å². The molecule has 0 aromatic heterocycles. The standard InChI is InChI=1S/C11H14BrNO2/c1-15-10-5-7(4-9(12)11(10)14)6-13-8-2-3-8/h4-5,8,13-14H,2-3,6H2,1H3. The summed E-state index contributed by atoms with van der Waals surface area (Å²) in [6, 6.07) is 4.45. The second-order valence-corrected chi connectivity index (χ2v) is 4.64. The van der Waals surface area contributed by atoms with Crippen molar-refractivity contribution in [1.29, 1.82) is 0 Å². The fourth-order valence-electron chi connectivity index (χ4n) is 1.43. The predicted octanol–water partition coefficient (Wildman–Crippen LogP) is 2.42. The average molecular weight is 272 g/mol. The first-order valence-corrected chi connectivity index (χ1v) is 5.78. The molecule has 1 aliphatic rings. The summed E-state index contributed by atoms with van der Waals surface area (Å²) in [7, 11) is 1.56. The van der Waals surface area contributed by atoms with E-state index < -0.39 is 0 Å². The van der Waals surface area contributed by atoms with Gasteiger partial charge in [-0.05, 0) is 46.5 Å². The summed E-state index contributed by atoms with van der Waals surface area (Å²) in [6.07, 6.45) is 2.55. The predicted molar refractivity (Wildman–Crippen MR) is 62.2 cm³/mol. The van der Waals surface area contributed by atoms with Gasteiger partial charge in [0.05, 0.1) is 11.6 Å². The van der Waals surface area contributed by atoms with Gasteiger partial charge >= 0.3 is 0 Å². The van der Waals surface area contributed by atoms with Gasteiger partial charge in [-0.3, -0.25) is 0 Å². The highest BCUT2D eigenvalue weighted by Gasteiger charge is 2.20. The van der Waals surface area contributed by atoms with Gasteiger partial charge in [0.15, 0.2) is 11.5 Å². The van der Waals surface area contributed by atoms with E-state index in [1.165, 1.54) is 12.8 Å². The topological polar surface area (TPSA) is 41.5 Å². The number of ether oxygens (including phenoxy) is 1. The van der Waals surface area contributed by atoms with Gasteiger partial charge in [0.1, 0.15) is 0 Å². The normalized spacial score (nSPS) is 15.3. The van der Waals surface area contributed by atoms with Crippen LogP contribution < -0.4 is 10.1 Å². The Morgan fingerprint density at radius 1 is 1.53 bits per heavy atom. The Hall–Kier alpha value is -0.740. The number of aromatic hydroxyl groups is 1. The van der Waals surface area contributed by atoms with Crippen LogP contribution in [-0.2, 0) is 6.54 Å². The van der Waals surface area contributed by atoms with Crippen LogP contribution in [0.15, 0.2) is 16.6 Å². The van der Waals surface area contributed by atoms with Gasteiger partial charge in [-0.15, -0.1) is 0 Å². The molecule has 1 aromatic rings. The van der Waals surface area contributed by atoms with Crippen molar-refractivity contribution in [2.45, 2.75) is 25.4 Å². The minimum absolute atomic E-state index is 0.160. The lowest BCUT2D eigenvalue weighted by molar-refractivity contribution is 0.371. The van der Waals surface area contributed by atoms with Crippen molar-refractivity contribution in [2.24, 2.45) is 0 Å². The largest absolute Gasteiger partial charge is 0.503 e. The van der Waals surface area contributed by atoms with Gasteiger partial charge in [0.25, 0.3) is 0 Å². The molecule has 4 heteroatoms. The molecule has 0 heterocycles. The SMILES string of the molecule is COc1cc(CNC2CC2)cc(Br)c1O. The lowest BCUT2D eigenvalue weighted by Crippen LogP contribution is -2.15. The fourth-order valence-corrected chi connectivity index (χ4v) is 1.92. The molecule has 2 N–H and O–H groups in total. The monoisotopic (exact) mass is 271 g/mol. The Morgan fingerprint density at radius 3 is 2.87 bits per heavy atom. The summed E-state index contributed by atoms with van der Waals surface area (Å²) in [5, 5.41) is 13.0. The molecule has 1 fully saturated rings. The minimum Gasteiger partial charge on any atom is -0.503 e. The number of methoxy groups -OCH3 is 1. The zero-order valence-electron chi connectivity index (χ0n) is 8.59. The number of nitrogens with one attached hydrogen (secondary N) is 1. The van der Waals surface area contributed by atoms with Gasteiger partial charge < -0.3 is 15.2 Å². The third-order valence-electron chi connectivity index (χ3n) is 2.48. The van der Waals surface area contributed by atoms with Crippen LogP contribution >= 0.6 is 15.9 Å². The van der Waals surface area contributed by atoms with Crippen molar-refractivity contribution >= 4 is 15.9 Å². The molecule has 3 nitrogen and oxygen atoms in total. The van der Waals surface area contributed by atoms with Crippen LogP contribution in [0.25, 0.3) is 0 Å². The van der Waals surface area contributed by atoms with E-state index >= 15 is 0 Å². The smallest absolute Gasteiger partial charge is 0.172 e. The van der Waals surface area contributed by atoms with Crippen LogP contribution in [0.4, 0.5) is 0 Å². The molecule has 0 aliphatic heterocycles. The highest BCUT2D eigenvalue weighted by Crippen LogP contribution is 2.35. The maximum atomic E-state index is 9.62. The maximum Gasteiger partial charge on any atom is 0.172 e. The Labute approximate surface area is 97.6 Å². The van der Waals surface area contributed by atoms with Crippen LogP contribution in [0.3, 0.4) is 0 Å². The Morgan fingerprint density at radius 2 is 2.27 bits per heavy atom. The first-order chi connectivity index (χ1) is 7.20. The average Bonchev–Trinajstić information content (AvgIpc) is 3.03. The third-order valence-corrected chi connectivity index (χ3v) is 3.08. The molecule has 0 bridgehead atoms.